The highest BCUT2D eigenvalue weighted by Gasteiger charge is 2.33. The monoisotopic (exact) mass is 384 g/mol. The molecule has 3 aromatic heterocycles. The van der Waals surface area contributed by atoms with Gasteiger partial charge in [-0.25, -0.2) is 9.97 Å². The van der Waals surface area contributed by atoms with Gasteiger partial charge < -0.3 is 4.90 Å². The number of fused-ring (bicyclic) bond motifs is 2. The van der Waals surface area contributed by atoms with Gasteiger partial charge in [0.05, 0.1) is 16.8 Å². The first-order chi connectivity index (χ1) is 12.7. The van der Waals surface area contributed by atoms with Crippen molar-refractivity contribution >= 4 is 37.9 Å². The third kappa shape index (κ3) is 2.74. The van der Waals surface area contributed by atoms with E-state index in [9.17, 15) is 4.79 Å². The van der Waals surface area contributed by atoms with Crippen LogP contribution in [-0.2, 0) is 6.54 Å². The zero-order chi connectivity index (χ0) is 17.7. The number of benzene rings is 1. The number of quaternary nitrogens is 1. The van der Waals surface area contributed by atoms with Crippen molar-refractivity contribution in [2.45, 2.75) is 32.4 Å². The zero-order valence-corrected chi connectivity index (χ0v) is 15.9. The van der Waals surface area contributed by atoms with Crippen LogP contribution >= 0.6 is 22.7 Å². The molecule has 0 radical (unpaired) electrons. The number of thiazole rings is 1. The van der Waals surface area contributed by atoms with E-state index in [0.29, 0.717) is 11.0 Å². The van der Waals surface area contributed by atoms with Crippen LogP contribution in [0, 0.1) is 6.92 Å². The van der Waals surface area contributed by atoms with E-state index in [1.54, 1.807) is 11.3 Å². The number of hydrogen-bond donors (Lipinski definition) is 1. The second-order valence-electron chi connectivity index (χ2n) is 6.73. The highest BCUT2D eigenvalue weighted by Crippen LogP contribution is 2.29. The molecule has 5 rings (SSSR count). The molecule has 4 aromatic rings. The maximum absolute atomic E-state index is 12.1. The average molecular weight is 385 g/mol. The Morgan fingerprint density at radius 1 is 1.27 bits per heavy atom. The largest absolute Gasteiger partial charge is 0.321 e. The molecule has 2 atom stereocenters. The Morgan fingerprint density at radius 3 is 3.04 bits per heavy atom. The minimum absolute atomic E-state index is 0.103. The fraction of sp³-hybridized carbons (Fsp3) is 0.333. The lowest BCUT2D eigenvalue weighted by molar-refractivity contribution is -0.931. The van der Waals surface area contributed by atoms with E-state index in [1.165, 1.54) is 42.9 Å². The van der Waals surface area contributed by atoms with Crippen LogP contribution in [0.1, 0.15) is 34.6 Å². The smallest absolute Gasteiger partial charge is 0.275 e. The Morgan fingerprint density at radius 2 is 2.15 bits per heavy atom. The van der Waals surface area contributed by atoms with Gasteiger partial charge in [0.2, 0.25) is 4.96 Å². The number of likely N-dealkylation sites (tertiary alicyclic amines) is 1. The molecule has 1 aliphatic rings. The van der Waals surface area contributed by atoms with E-state index in [1.807, 2.05) is 13.0 Å². The Balaban J connectivity index is 1.46. The van der Waals surface area contributed by atoms with Crippen molar-refractivity contribution in [1.29, 1.82) is 0 Å². The molecular weight excluding hydrogens is 366 g/mol. The maximum Gasteiger partial charge on any atom is 0.275 e. The fourth-order valence-corrected chi connectivity index (χ4v) is 5.84. The molecule has 1 unspecified atom stereocenters. The number of rotatable bonds is 3. The summed E-state index contributed by atoms with van der Waals surface area (Å²) in [4.78, 5) is 23.6. The summed E-state index contributed by atoms with van der Waals surface area (Å²) >= 11 is 3.32. The number of aromatic nitrogens is 4. The molecule has 6 nitrogen and oxygen atoms in total. The second-order valence-corrected chi connectivity index (χ2v) is 8.83. The zero-order valence-electron chi connectivity index (χ0n) is 14.3. The van der Waals surface area contributed by atoms with Crippen molar-refractivity contribution in [1.82, 2.24) is 19.6 Å². The number of hydrogen-bond acceptors (Lipinski definition) is 6. The Hall–Kier alpha value is -2.16. The summed E-state index contributed by atoms with van der Waals surface area (Å²) in [5, 5.41) is 6.69. The number of nitrogens with zero attached hydrogens (tertiary/aromatic N) is 4. The van der Waals surface area contributed by atoms with E-state index in [4.69, 9.17) is 4.98 Å². The summed E-state index contributed by atoms with van der Waals surface area (Å²) < 4.78 is 2.68. The summed E-state index contributed by atoms with van der Waals surface area (Å²) in [5.74, 6) is 0. The van der Waals surface area contributed by atoms with Crippen LogP contribution in [0.5, 0.6) is 0 Å². The van der Waals surface area contributed by atoms with Crippen LogP contribution in [0.15, 0.2) is 35.1 Å². The maximum atomic E-state index is 12.1. The van der Waals surface area contributed by atoms with Gasteiger partial charge in [0.1, 0.15) is 12.6 Å². The second kappa shape index (κ2) is 6.22. The molecule has 0 bridgehead atoms. The molecular formula is C18H18N5OS2+. The van der Waals surface area contributed by atoms with E-state index >= 15 is 0 Å². The number of nitrogens with one attached hydrogen (secondary N) is 1. The normalized spacial score (nSPS) is 20.3. The summed E-state index contributed by atoms with van der Waals surface area (Å²) in [5.41, 5.74) is 1.73. The van der Waals surface area contributed by atoms with Crippen molar-refractivity contribution in [2.24, 2.45) is 0 Å². The highest BCUT2D eigenvalue weighted by atomic mass is 32.1. The summed E-state index contributed by atoms with van der Waals surface area (Å²) in [7, 11) is 0. The first-order valence-electron chi connectivity index (χ1n) is 8.74. The topological polar surface area (TPSA) is 64.6 Å². The average Bonchev–Trinajstić information content (AvgIpc) is 3.31. The predicted molar refractivity (Wildman–Crippen MR) is 103 cm³/mol. The molecule has 8 heteroatoms. The van der Waals surface area contributed by atoms with Crippen molar-refractivity contribution in [3.05, 3.63) is 56.4 Å². The van der Waals surface area contributed by atoms with Crippen LogP contribution in [0.2, 0.25) is 0 Å². The van der Waals surface area contributed by atoms with Gasteiger partial charge in [-0.3, -0.25) is 4.79 Å². The Kier molecular flexibility index (Phi) is 3.84. The van der Waals surface area contributed by atoms with Gasteiger partial charge >= 0.3 is 0 Å². The van der Waals surface area contributed by atoms with Gasteiger partial charge in [-0.2, -0.15) is 9.61 Å². The van der Waals surface area contributed by atoms with Crippen LogP contribution in [-0.4, -0.2) is 26.1 Å². The lowest BCUT2D eigenvalue weighted by Crippen LogP contribution is -3.08. The molecule has 0 saturated carbocycles. The number of para-hydroxylation sites is 1. The molecule has 4 heterocycles. The van der Waals surface area contributed by atoms with Crippen molar-refractivity contribution in [3.63, 3.8) is 0 Å². The van der Waals surface area contributed by atoms with E-state index in [-0.39, 0.29) is 5.56 Å². The molecule has 0 amide bonds. The first kappa shape index (κ1) is 16.0. The third-order valence-electron chi connectivity index (χ3n) is 4.89. The van der Waals surface area contributed by atoms with Crippen LogP contribution in [0.25, 0.3) is 15.2 Å². The minimum Gasteiger partial charge on any atom is -0.321 e. The fourth-order valence-electron chi connectivity index (χ4n) is 3.69. The van der Waals surface area contributed by atoms with Gasteiger partial charge in [-0.15, -0.1) is 11.3 Å². The van der Waals surface area contributed by atoms with Gasteiger partial charge in [-0.05, 0) is 19.1 Å². The molecule has 0 spiro atoms. The van der Waals surface area contributed by atoms with Crippen molar-refractivity contribution in [2.75, 3.05) is 6.54 Å². The molecule has 1 aromatic carbocycles. The lowest BCUT2D eigenvalue weighted by Gasteiger charge is -2.18. The summed E-state index contributed by atoms with van der Waals surface area (Å²) in [6, 6.07) is 10.3. The Bertz CT molecular complexity index is 1130. The number of aryl methyl sites for hydroxylation is 1. The minimum atomic E-state index is -0.103. The van der Waals surface area contributed by atoms with E-state index in [2.05, 4.69) is 28.3 Å². The van der Waals surface area contributed by atoms with Gasteiger partial charge in [0.15, 0.2) is 10.0 Å². The van der Waals surface area contributed by atoms with Crippen molar-refractivity contribution in [3.8, 4) is 0 Å². The van der Waals surface area contributed by atoms with E-state index < -0.39 is 0 Å². The lowest BCUT2D eigenvalue weighted by atomic mass is 10.2. The van der Waals surface area contributed by atoms with Crippen LogP contribution in [0.4, 0.5) is 0 Å². The molecule has 26 heavy (non-hydrogen) atoms. The third-order valence-corrected chi connectivity index (χ3v) is 6.94. The SMILES string of the molecule is Cc1cc(=O)n2nc(C[NH+]3CCC[C@H]3c3nc4ccccc4s3)sc2n1. The van der Waals surface area contributed by atoms with Crippen molar-refractivity contribution < 1.29 is 4.90 Å². The molecule has 1 saturated heterocycles. The first-order valence-corrected chi connectivity index (χ1v) is 10.4. The quantitative estimate of drug-likeness (QED) is 0.587. The predicted octanol–water partition coefficient (Wildman–Crippen LogP) is 1.99. The van der Waals surface area contributed by atoms with Crippen LogP contribution in [0.3, 0.4) is 0 Å². The van der Waals surface area contributed by atoms with Gasteiger partial charge in [-0.1, -0.05) is 23.5 Å². The highest BCUT2D eigenvalue weighted by molar-refractivity contribution is 7.18. The molecule has 1 aliphatic heterocycles. The summed E-state index contributed by atoms with van der Waals surface area (Å²) in [6.45, 7) is 3.76. The summed E-state index contributed by atoms with van der Waals surface area (Å²) in [6.07, 6.45) is 2.34. The van der Waals surface area contributed by atoms with E-state index in [0.717, 1.165) is 35.7 Å². The molecule has 132 valence electrons. The Labute approximate surface area is 157 Å². The molecule has 1 fully saturated rings. The molecule has 0 aliphatic carbocycles. The van der Waals surface area contributed by atoms with Gasteiger partial charge in [0, 0.05) is 24.6 Å². The van der Waals surface area contributed by atoms with Gasteiger partial charge in [0.25, 0.3) is 5.56 Å². The molecule has 1 N–H and O–H groups in total. The standard InChI is InChI=1S/C18H17N5OS2/c1-11-9-16(24)23-18(19-11)26-15(21-23)10-22-8-4-6-13(22)17-20-12-5-2-3-7-14(12)25-17/h2-3,5,7,9,13H,4,6,8,10H2,1H3/p+1/t13-/m0/s1. The van der Waals surface area contributed by atoms with Crippen LogP contribution < -0.4 is 10.5 Å².